The maximum Gasteiger partial charge on any atom is 0.154 e. The Hall–Kier alpha value is -2.04. The van der Waals surface area contributed by atoms with Gasteiger partial charge in [0.25, 0.3) is 0 Å². The molecule has 1 aromatic heterocycles. The second kappa shape index (κ2) is 4.68. The SMILES string of the molecule is CCc1nn(C)c(N(C)c2cccc(F)c2)c1N. The zero-order chi connectivity index (χ0) is 13.3. The minimum Gasteiger partial charge on any atom is -0.394 e. The van der Waals surface area contributed by atoms with Gasteiger partial charge in [0.05, 0.1) is 11.4 Å². The molecule has 0 aliphatic rings. The Bertz CT molecular complexity index is 562. The highest BCUT2D eigenvalue weighted by Gasteiger charge is 2.17. The van der Waals surface area contributed by atoms with Gasteiger partial charge < -0.3 is 10.6 Å². The van der Waals surface area contributed by atoms with Gasteiger partial charge in [-0.3, -0.25) is 4.68 Å². The van der Waals surface area contributed by atoms with Crippen molar-refractivity contribution < 1.29 is 4.39 Å². The predicted molar refractivity (Wildman–Crippen MR) is 71.5 cm³/mol. The third kappa shape index (κ3) is 2.03. The molecule has 0 atom stereocenters. The lowest BCUT2D eigenvalue weighted by Crippen LogP contribution is -2.15. The number of anilines is 3. The summed E-state index contributed by atoms with van der Waals surface area (Å²) in [4.78, 5) is 1.84. The van der Waals surface area contributed by atoms with Crippen LogP contribution in [0.3, 0.4) is 0 Å². The van der Waals surface area contributed by atoms with Gasteiger partial charge in [-0.05, 0) is 24.6 Å². The molecule has 2 N–H and O–H groups in total. The molecule has 0 saturated carbocycles. The number of nitrogens with zero attached hydrogens (tertiary/aromatic N) is 3. The number of aryl methyl sites for hydroxylation is 2. The van der Waals surface area contributed by atoms with E-state index in [1.54, 1.807) is 10.7 Å². The lowest BCUT2D eigenvalue weighted by atomic mass is 10.2. The molecule has 2 aromatic rings. The Morgan fingerprint density at radius 1 is 1.44 bits per heavy atom. The normalized spacial score (nSPS) is 10.7. The van der Waals surface area contributed by atoms with Gasteiger partial charge in [-0.25, -0.2) is 4.39 Å². The van der Waals surface area contributed by atoms with Gasteiger partial charge in [0.2, 0.25) is 0 Å². The number of hydrogen-bond acceptors (Lipinski definition) is 3. The second-order valence-electron chi connectivity index (χ2n) is 4.20. The molecule has 96 valence electrons. The molecule has 0 aliphatic carbocycles. The molecule has 5 heteroatoms. The monoisotopic (exact) mass is 248 g/mol. The van der Waals surface area contributed by atoms with Gasteiger partial charge in [0.1, 0.15) is 5.82 Å². The summed E-state index contributed by atoms with van der Waals surface area (Å²) in [5, 5.41) is 4.35. The van der Waals surface area contributed by atoms with Crippen LogP contribution in [0.15, 0.2) is 24.3 Å². The summed E-state index contributed by atoms with van der Waals surface area (Å²) in [5.41, 5.74) is 8.32. The van der Waals surface area contributed by atoms with E-state index in [-0.39, 0.29) is 5.82 Å². The summed E-state index contributed by atoms with van der Waals surface area (Å²) in [5.74, 6) is 0.508. The second-order valence-corrected chi connectivity index (χ2v) is 4.20. The van der Waals surface area contributed by atoms with E-state index in [0.29, 0.717) is 5.69 Å². The van der Waals surface area contributed by atoms with E-state index in [9.17, 15) is 4.39 Å². The third-order valence-corrected chi connectivity index (χ3v) is 2.98. The number of aromatic nitrogens is 2. The van der Waals surface area contributed by atoms with Crippen LogP contribution in [-0.4, -0.2) is 16.8 Å². The standard InChI is InChI=1S/C13H17FN4/c1-4-11-12(15)13(18(3)16-11)17(2)10-7-5-6-9(14)8-10/h5-8H,4,15H2,1-3H3. The molecule has 4 nitrogen and oxygen atoms in total. The topological polar surface area (TPSA) is 47.1 Å². The van der Waals surface area contributed by atoms with Crippen LogP contribution in [0.5, 0.6) is 0 Å². The van der Waals surface area contributed by atoms with E-state index in [0.717, 1.165) is 23.6 Å². The molecule has 18 heavy (non-hydrogen) atoms. The number of halogens is 1. The fourth-order valence-electron chi connectivity index (χ4n) is 2.05. The number of hydrogen-bond donors (Lipinski definition) is 1. The average Bonchev–Trinajstić information content (AvgIpc) is 2.63. The Morgan fingerprint density at radius 3 is 2.72 bits per heavy atom. The largest absolute Gasteiger partial charge is 0.394 e. The molecule has 2 rings (SSSR count). The van der Waals surface area contributed by atoms with Crippen LogP contribution in [0.25, 0.3) is 0 Å². The predicted octanol–water partition coefficient (Wildman–Crippen LogP) is 2.47. The van der Waals surface area contributed by atoms with Gasteiger partial charge in [-0.1, -0.05) is 13.0 Å². The summed E-state index contributed by atoms with van der Waals surface area (Å²) in [6.45, 7) is 2.00. The Labute approximate surface area is 106 Å². The molecule has 0 fully saturated rings. The van der Waals surface area contributed by atoms with Crippen LogP contribution in [0, 0.1) is 5.82 Å². The summed E-state index contributed by atoms with van der Waals surface area (Å²) in [6, 6.07) is 6.40. The van der Waals surface area contributed by atoms with Crippen molar-refractivity contribution in [3.05, 3.63) is 35.8 Å². The first-order valence-electron chi connectivity index (χ1n) is 5.85. The van der Waals surface area contributed by atoms with Gasteiger partial charge >= 0.3 is 0 Å². The molecule has 0 saturated heterocycles. The third-order valence-electron chi connectivity index (χ3n) is 2.98. The summed E-state index contributed by atoms with van der Waals surface area (Å²) < 4.78 is 15.0. The maximum atomic E-state index is 13.2. The molecule has 0 unspecified atom stereocenters. The fourth-order valence-corrected chi connectivity index (χ4v) is 2.05. The highest BCUT2D eigenvalue weighted by atomic mass is 19.1. The molecule has 1 heterocycles. The quantitative estimate of drug-likeness (QED) is 0.907. The van der Waals surface area contributed by atoms with Crippen LogP contribution in [0.4, 0.5) is 21.6 Å². The van der Waals surface area contributed by atoms with Crippen molar-refractivity contribution in [3.8, 4) is 0 Å². The molecule has 0 bridgehead atoms. The summed E-state index contributed by atoms with van der Waals surface area (Å²) >= 11 is 0. The zero-order valence-corrected chi connectivity index (χ0v) is 10.8. The van der Waals surface area contributed by atoms with Crippen molar-refractivity contribution in [2.45, 2.75) is 13.3 Å². The number of nitrogen functional groups attached to an aromatic ring is 1. The Balaban J connectivity index is 2.46. The van der Waals surface area contributed by atoms with Crippen LogP contribution >= 0.6 is 0 Å². The first-order chi connectivity index (χ1) is 8.54. The summed E-state index contributed by atoms with van der Waals surface area (Å²) in [7, 11) is 3.68. The van der Waals surface area contributed by atoms with Gasteiger partial charge in [-0.2, -0.15) is 5.10 Å². The zero-order valence-electron chi connectivity index (χ0n) is 10.8. The first kappa shape index (κ1) is 12.4. The smallest absolute Gasteiger partial charge is 0.154 e. The van der Waals surface area contributed by atoms with Crippen molar-refractivity contribution in [2.24, 2.45) is 7.05 Å². The lowest BCUT2D eigenvalue weighted by molar-refractivity contribution is 0.627. The minimum atomic E-state index is -0.268. The maximum absolute atomic E-state index is 13.2. The van der Waals surface area contributed by atoms with Crippen molar-refractivity contribution in [1.29, 1.82) is 0 Å². The van der Waals surface area contributed by atoms with E-state index < -0.39 is 0 Å². The molecule has 0 radical (unpaired) electrons. The van der Waals surface area contributed by atoms with Crippen LogP contribution in [0.1, 0.15) is 12.6 Å². The van der Waals surface area contributed by atoms with E-state index in [1.807, 2.05) is 32.0 Å². The molecule has 0 spiro atoms. The number of benzene rings is 1. The molecular formula is C13H17FN4. The molecule has 0 amide bonds. The van der Waals surface area contributed by atoms with Crippen molar-refractivity contribution in [1.82, 2.24) is 9.78 Å². The Kier molecular flexibility index (Phi) is 3.23. The summed E-state index contributed by atoms with van der Waals surface area (Å²) in [6.07, 6.45) is 0.774. The van der Waals surface area contributed by atoms with Crippen LogP contribution < -0.4 is 10.6 Å². The highest BCUT2D eigenvalue weighted by Crippen LogP contribution is 2.31. The van der Waals surface area contributed by atoms with Crippen LogP contribution in [-0.2, 0) is 13.5 Å². The molecule has 1 aromatic carbocycles. The highest BCUT2D eigenvalue weighted by molar-refractivity contribution is 5.73. The van der Waals surface area contributed by atoms with E-state index >= 15 is 0 Å². The van der Waals surface area contributed by atoms with E-state index in [4.69, 9.17) is 5.73 Å². The van der Waals surface area contributed by atoms with Gasteiger partial charge in [-0.15, -0.1) is 0 Å². The minimum absolute atomic E-state index is 0.268. The fraction of sp³-hybridized carbons (Fsp3) is 0.308. The molecule has 0 aliphatic heterocycles. The molecular weight excluding hydrogens is 231 g/mol. The number of rotatable bonds is 3. The van der Waals surface area contributed by atoms with E-state index in [2.05, 4.69) is 5.10 Å². The van der Waals surface area contributed by atoms with Gasteiger partial charge in [0.15, 0.2) is 5.82 Å². The first-order valence-corrected chi connectivity index (χ1v) is 5.85. The lowest BCUT2D eigenvalue weighted by Gasteiger charge is -2.20. The average molecular weight is 248 g/mol. The van der Waals surface area contributed by atoms with Crippen LogP contribution in [0.2, 0.25) is 0 Å². The number of nitrogens with two attached hydrogens (primary N) is 1. The van der Waals surface area contributed by atoms with Crippen molar-refractivity contribution >= 4 is 17.2 Å². The van der Waals surface area contributed by atoms with Crippen molar-refractivity contribution in [2.75, 3.05) is 17.7 Å². The van der Waals surface area contributed by atoms with Gasteiger partial charge in [0, 0.05) is 19.8 Å². The van der Waals surface area contributed by atoms with E-state index in [1.165, 1.54) is 12.1 Å². The van der Waals surface area contributed by atoms with Crippen molar-refractivity contribution in [3.63, 3.8) is 0 Å². The Morgan fingerprint density at radius 2 is 2.17 bits per heavy atom.